The molecule has 110 valence electrons. The highest BCUT2D eigenvalue weighted by Crippen LogP contribution is 2.21. The van der Waals surface area contributed by atoms with Crippen molar-refractivity contribution in [3.05, 3.63) is 66.0 Å². The van der Waals surface area contributed by atoms with Crippen LogP contribution in [0.5, 0.6) is 0 Å². The van der Waals surface area contributed by atoms with Crippen molar-refractivity contribution in [1.82, 2.24) is 15.6 Å². The number of benzene rings is 1. The van der Waals surface area contributed by atoms with E-state index in [0.29, 0.717) is 5.11 Å². The molecule has 0 aliphatic rings. The van der Waals surface area contributed by atoms with Gasteiger partial charge in [0.05, 0.1) is 6.04 Å². The monoisotopic (exact) mass is 299 g/mol. The van der Waals surface area contributed by atoms with Crippen LogP contribution in [0.25, 0.3) is 0 Å². The van der Waals surface area contributed by atoms with Crippen LogP contribution in [-0.2, 0) is 0 Å². The lowest BCUT2D eigenvalue weighted by molar-refractivity contribution is 0.706. The van der Waals surface area contributed by atoms with Crippen molar-refractivity contribution < 1.29 is 0 Å². The number of nitrogens with zero attached hydrogens (tertiary/aromatic N) is 1. The second-order valence-electron chi connectivity index (χ2n) is 4.88. The van der Waals surface area contributed by atoms with Crippen LogP contribution in [0.4, 0.5) is 0 Å². The zero-order valence-electron chi connectivity index (χ0n) is 12.3. The van der Waals surface area contributed by atoms with Gasteiger partial charge in [-0.3, -0.25) is 4.98 Å². The molecule has 0 aliphatic carbocycles. The highest BCUT2D eigenvalue weighted by atomic mass is 32.1. The number of nitrogens with one attached hydrogen (secondary N) is 2. The van der Waals surface area contributed by atoms with Gasteiger partial charge in [-0.15, -0.1) is 0 Å². The molecule has 1 heterocycles. The number of unbranched alkanes of at least 4 members (excludes halogenated alkanes) is 1. The molecule has 1 aromatic carbocycles. The first kappa shape index (κ1) is 15.4. The molecule has 0 radical (unpaired) electrons. The minimum absolute atomic E-state index is 0.0378. The fourth-order valence-corrected chi connectivity index (χ4v) is 2.34. The summed E-state index contributed by atoms with van der Waals surface area (Å²) in [7, 11) is 0. The quantitative estimate of drug-likeness (QED) is 0.633. The van der Waals surface area contributed by atoms with Crippen molar-refractivity contribution in [1.29, 1.82) is 0 Å². The van der Waals surface area contributed by atoms with Gasteiger partial charge in [-0.25, -0.2) is 0 Å². The summed E-state index contributed by atoms with van der Waals surface area (Å²) in [5.74, 6) is 0. The van der Waals surface area contributed by atoms with Crippen molar-refractivity contribution >= 4 is 17.3 Å². The van der Waals surface area contributed by atoms with E-state index in [4.69, 9.17) is 12.2 Å². The summed E-state index contributed by atoms with van der Waals surface area (Å²) in [6, 6.07) is 14.4. The number of pyridine rings is 1. The molecule has 2 N–H and O–H groups in total. The van der Waals surface area contributed by atoms with Crippen molar-refractivity contribution in [2.45, 2.75) is 25.8 Å². The standard InChI is InChI=1S/C17H21N3S/c1-2-3-11-19-17(21)20-16(14-7-5-4-6-8-14)15-9-12-18-13-10-15/h4-10,12-13,16H,2-3,11H2,1H3,(H2,19,20,21)/t16-/m1/s1. The summed E-state index contributed by atoms with van der Waals surface area (Å²) in [4.78, 5) is 4.09. The van der Waals surface area contributed by atoms with Gasteiger partial charge in [0.2, 0.25) is 0 Å². The average Bonchev–Trinajstić information content (AvgIpc) is 2.54. The van der Waals surface area contributed by atoms with Gasteiger partial charge in [0.1, 0.15) is 0 Å². The molecule has 1 atom stereocenters. The first-order chi connectivity index (χ1) is 10.3. The van der Waals surface area contributed by atoms with E-state index in [1.165, 1.54) is 5.56 Å². The molecular weight excluding hydrogens is 278 g/mol. The highest BCUT2D eigenvalue weighted by Gasteiger charge is 2.14. The predicted octanol–water partition coefficient (Wildman–Crippen LogP) is 3.44. The molecule has 0 saturated carbocycles. The molecule has 2 aromatic rings. The van der Waals surface area contributed by atoms with Gasteiger partial charge >= 0.3 is 0 Å². The minimum atomic E-state index is 0.0378. The van der Waals surface area contributed by atoms with Crippen LogP contribution in [0, 0.1) is 0 Å². The Kier molecular flexibility index (Phi) is 6.16. The Labute approximate surface area is 131 Å². The molecule has 4 heteroatoms. The fraction of sp³-hybridized carbons (Fsp3) is 0.294. The van der Waals surface area contributed by atoms with E-state index in [9.17, 15) is 0 Å². The smallest absolute Gasteiger partial charge is 0.167 e. The van der Waals surface area contributed by atoms with Crippen LogP contribution < -0.4 is 10.6 Å². The number of aromatic nitrogens is 1. The minimum Gasteiger partial charge on any atom is -0.363 e. The van der Waals surface area contributed by atoms with Gasteiger partial charge in [-0.05, 0) is 41.9 Å². The molecule has 0 aliphatic heterocycles. The van der Waals surface area contributed by atoms with Gasteiger partial charge in [-0.2, -0.15) is 0 Å². The number of hydrogen-bond acceptors (Lipinski definition) is 2. The largest absolute Gasteiger partial charge is 0.363 e. The van der Waals surface area contributed by atoms with Crippen molar-refractivity contribution in [2.24, 2.45) is 0 Å². The van der Waals surface area contributed by atoms with E-state index in [1.54, 1.807) is 12.4 Å². The van der Waals surface area contributed by atoms with E-state index < -0.39 is 0 Å². The third-order valence-electron chi connectivity index (χ3n) is 3.26. The van der Waals surface area contributed by atoms with Gasteiger partial charge in [0.15, 0.2) is 5.11 Å². The first-order valence-corrected chi connectivity index (χ1v) is 7.71. The molecule has 1 aromatic heterocycles. The van der Waals surface area contributed by atoms with Gasteiger partial charge < -0.3 is 10.6 Å². The molecule has 3 nitrogen and oxygen atoms in total. The highest BCUT2D eigenvalue weighted by molar-refractivity contribution is 7.80. The number of hydrogen-bond donors (Lipinski definition) is 2. The van der Waals surface area contributed by atoms with E-state index in [2.05, 4.69) is 34.7 Å². The molecule has 21 heavy (non-hydrogen) atoms. The van der Waals surface area contributed by atoms with Crippen LogP contribution in [0.2, 0.25) is 0 Å². The zero-order chi connectivity index (χ0) is 14.9. The molecule has 0 saturated heterocycles. The Bertz CT molecular complexity index is 503. The second kappa shape index (κ2) is 8.37. The summed E-state index contributed by atoms with van der Waals surface area (Å²) < 4.78 is 0. The Morgan fingerprint density at radius 2 is 1.76 bits per heavy atom. The maximum absolute atomic E-state index is 5.41. The Morgan fingerprint density at radius 3 is 2.43 bits per heavy atom. The fourth-order valence-electron chi connectivity index (χ4n) is 2.12. The normalized spacial score (nSPS) is 11.7. The SMILES string of the molecule is CCCCNC(=S)N[C@H](c1ccccc1)c1ccncc1. The third kappa shape index (κ3) is 4.83. The molecule has 2 rings (SSSR count). The number of thiocarbonyl (C=S) groups is 1. The van der Waals surface area contributed by atoms with Gasteiger partial charge in [-0.1, -0.05) is 43.7 Å². The van der Waals surface area contributed by atoms with Crippen LogP contribution >= 0.6 is 12.2 Å². The van der Waals surface area contributed by atoms with Crippen LogP contribution in [0.15, 0.2) is 54.9 Å². The molecule has 0 fully saturated rings. The van der Waals surface area contributed by atoms with Gasteiger partial charge in [0, 0.05) is 18.9 Å². The summed E-state index contributed by atoms with van der Waals surface area (Å²) in [5.41, 5.74) is 2.33. The summed E-state index contributed by atoms with van der Waals surface area (Å²) in [6.07, 6.45) is 5.89. The van der Waals surface area contributed by atoms with E-state index in [-0.39, 0.29) is 6.04 Å². The molecule has 0 amide bonds. The van der Waals surface area contributed by atoms with Crippen molar-refractivity contribution in [2.75, 3.05) is 6.54 Å². The Hall–Kier alpha value is -1.94. The topological polar surface area (TPSA) is 37.0 Å². The maximum Gasteiger partial charge on any atom is 0.167 e. The zero-order valence-corrected chi connectivity index (χ0v) is 13.1. The summed E-state index contributed by atoms with van der Waals surface area (Å²) >= 11 is 5.41. The maximum atomic E-state index is 5.41. The third-order valence-corrected chi connectivity index (χ3v) is 3.53. The van der Waals surface area contributed by atoms with Crippen molar-refractivity contribution in [3.63, 3.8) is 0 Å². The van der Waals surface area contributed by atoms with Crippen LogP contribution in [0.1, 0.15) is 36.9 Å². The molecule has 0 spiro atoms. The second-order valence-corrected chi connectivity index (χ2v) is 5.29. The predicted molar refractivity (Wildman–Crippen MR) is 91.2 cm³/mol. The van der Waals surface area contributed by atoms with E-state index in [1.807, 2.05) is 30.3 Å². The van der Waals surface area contributed by atoms with Gasteiger partial charge in [0.25, 0.3) is 0 Å². The average molecular weight is 299 g/mol. The summed E-state index contributed by atoms with van der Waals surface area (Å²) in [6.45, 7) is 3.07. The molecule has 0 unspecified atom stereocenters. The number of rotatable bonds is 6. The summed E-state index contributed by atoms with van der Waals surface area (Å²) in [5, 5.41) is 7.35. The first-order valence-electron chi connectivity index (χ1n) is 7.30. The van der Waals surface area contributed by atoms with E-state index in [0.717, 1.165) is 24.9 Å². The molecular formula is C17H21N3S. The Morgan fingerprint density at radius 1 is 1.10 bits per heavy atom. The van der Waals surface area contributed by atoms with Crippen molar-refractivity contribution in [3.8, 4) is 0 Å². The van der Waals surface area contributed by atoms with Crippen LogP contribution in [-0.4, -0.2) is 16.6 Å². The molecule has 0 bridgehead atoms. The lowest BCUT2D eigenvalue weighted by atomic mass is 10.00. The van der Waals surface area contributed by atoms with Crippen LogP contribution in [0.3, 0.4) is 0 Å². The Balaban J connectivity index is 2.12. The lowest BCUT2D eigenvalue weighted by Crippen LogP contribution is -2.38. The lowest BCUT2D eigenvalue weighted by Gasteiger charge is -2.21. The van der Waals surface area contributed by atoms with E-state index >= 15 is 0 Å².